The Hall–Kier alpha value is -1.27. The number of rotatable bonds is 5. The van der Waals surface area contributed by atoms with Gasteiger partial charge in [0, 0.05) is 18.3 Å². The highest BCUT2D eigenvalue weighted by atomic mass is 32.1. The van der Waals surface area contributed by atoms with Crippen LogP contribution in [0.4, 0.5) is 5.95 Å². The second-order valence-corrected chi connectivity index (χ2v) is 5.93. The van der Waals surface area contributed by atoms with Gasteiger partial charge in [-0.05, 0) is 45.8 Å². The van der Waals surface area contributed by atoms with Crippen LogP contribution in [0.3, 0.4) is 0 Å². The zero-order valence-corrected chi connectivity index (χ0v) is 13.0. The predicted molar refractivity (Wildman–Crippen MR) is 86.0 cm³/mol. The average Bonchev–Trinajstić information content (AvgIpc) is 2.38. The summed E-state index contributed by atoms with van der Waals surface area (Å²) in [4.78, 5) is 11.6. The van der Waals surface area contributed by atoms with Crippen LogP contribution in [0.5, 0.6) is 0 Å². The maximum atomic E-state index is 5.64. The van der Waals surface area contributed by atoms with E-state index < -0.39 is 0 Å². The van der Waals surface area contributed by atoms with Crippen molar-refractivity contribution in [2.45, 2.75) is 39.2 Å². The molecule has 1 atom stereocenters. The van der Waals surface area contributed by atoms with Gasteiger partial charge in [0.2, 0.25) is 5.95 Å². The number of nitrogens with zero attached hydrogens (tertiary/aromatic N) is 3. The molecule has 1 aromatic rings. The Morgan fingerprint density at radius 1 is 1.40 bits per heavy atom. The molecule has 20 heavy (non-hydrogen) atoms. The summed E-state index contributed by atoms with van der Waals surface area (Å²) in [5.41, 5.74) is 7.13. The summed E-state index contributed by atoms with van der Waals surface area (Å²) in [7, 11) is 0. The number of anilines is 1. The van der Waals surface area contributed by atoms with Gasteiger partial charge in [-0.2, -0.15) is 0 Å². The molecule has 5 nitrogen and oxygen atoms in total. The van der Waals surface area contributed by atoms with Gasteiger partial charge in [-0.3, -0.25) is 0 Å². The lowest BCUT2D eigenvalue weighted by Gasteiger charge is -2.29. The van der Waals surface area contributed by atoms with Gasteiger partial charge in [0.15, 0.2) is 0 Å². The van der Waals surface area contributed by atoms with Gasteiger partial charge < -0.3 is 16.0 Å². The highest BCUT2D eigenvalue weighted by Gasteiger charge is 2.14. The van der Waals surface area contributed by atoms with Crippen LogP contribution < -0.4 is 11.1 Å². The summed E-state index contributed by atoms with van der Waals surface area (Å²) < 4.78 is 0. The number of thiocarbonyl (C=S) groups is 1. The molecule has 1 aliphatic rings. The lowest BCUT2D eigenvalue weighted by molar-refractivity contribution is 0.223. The second-order valence-electron chi connectivity index (χ2n) is 5.49. The van der Waals surface area contributed by atoms with E-state index in [1.54, 1.807) is 0 Å². The van der Waals surface area contributed by atoms with Crippen molar-refractivity contribution in [3.8, 4) is 0 Å². The minimum atomic E-state index is 0.300. The van der Waals surface area contributed by atoms with Crippen LogP contribution in [0.25, 0.3) is 0 Å². The van der Waals surface area contributed by atoms with E-state index in [1.807, 2.05) is 13.0 Å². The SMILES string of the molecule is Cc1cc(C(N)=S)nc(NC(C)CN2CCCCC2)n1. The molecule has 0 radical (unpaired) electrons. The van der Waals surface area contributed by atoms with Gasteiger partial charge in [0.25, 0.3) is 0 Å². The summed E-state index contributed by atoms with van der Waals surface area (Å²) in [6.45, 7) is 7.47. The van der Waals surface area contributed by atoms with Gasteiger partial charge in [0.05, 0.1) is 0 Å². The zero-order valence-electron chi connectivity index (χ0n) is 12.2. The van der Waals surface area contributed by atoms with Crippen molar-refractivity contribution >= 4 is 23.2 Å². The molecule has 1 unspecified atom stereocenters. The Bertz CT molecular complexity index is 471. The second kappa shape index (κ2) is 6.95. The molecule has 0 amide bonds. The Kier molecular flexibility index (Phi) is 5.25. The molecule has 2 rings (SSSR count). The van der Waals surface area contributed by atoms with Crippen molar-refractivity contribution in [3.05, 3.63) is 17.5 Å². The molecule has 0 aromatic carbocycles. The number of nitrogens with one attached hydrogen (secondary N) is 1. The molecule has 2 heterocycles. The highest BCUT2D eigenvalue weighted by molar-refractivity contribution is 7.80. The molecule has 1 saturated heterocycles. The minimum Gasteiger partial charge on any atom is -0.388 e. The van der Waals surface area contributed by atoms with Crippen molar-refractivity contribution in [2.24, 2.45) is 5.73 Å². The third-order valence-corrected chi connectivity index (χ3v) is 3.67. The van der Waals surface area contributed by atoms with E-state index in [1.165, 1.54) is 32.4 Å². The lowest BCUT2D eigenvalue weighted by atomic mass is 10.1. The maximum absolute atomic E-state index is 5.64. The molecule has 1 fully saturated rings. The molecule has 3 N–H and O–H groups in total. The molecule has 1 aromatic heterocycles. The number of aromatic nitrogens is 2. The summed E-state index contributed by atoms with van der Waals surface area (Å²) >= 11 is 4.98. The molecule has 0 spiro atoms. The quantitative estimate of drug-likeness (QED) is 0.806. The molecular formula is C14H23N5S. The summed E-state index contributed by atoms with van der Waals surface area (Å²) in [5, 5.41) is 3.35. The molecule has 0 saturated carbocycles. The Morgan fingerprint density at radius 2 is 2.10 bits per heavy atom. The monoisotopic (exact) mass is 293 g/mol. The van der Waals surface area contributed by atoms with Crippen molar-refractivity contribution in [1.82, 2.24) is 14.9 Å². The smallest absolute Gasteiger partial charge is 0.223 e. The van der Waals surface area contributed by atoms with E-state index in [-0.39, 0.29) is 0 Å². The molecule has 0 aliphatic carbocycles. The fraction of sp³-hybridized carbons (Fsp3) is 0.643. The van der Waals surface area contributed by atoms with Crippen LogP contribution in [-0.2, 0) is 0 Å². The lowest BCUT2D eigenvalue weighted by Crippen LogP contribution is -2.38. The van der Waals surface area contributed by atoms with Crippen molar-refractivity contribution < 1.29 is 0 Å². The summed E-state index contributed by atoms with van der Waals surface area (Å²) in [6.07, 6.45) is 3.97. The zero-order chi connectivity index (χ0) is 14.5. The normalized spacial score (nSPS) is 17.7. The number of likely N-dealkylation sites (tertiary alicyclic amines) is 1. The Morgan fingerprint density at radius 3 is 2.75 bits per heavy atom. The van der Waals surface area contributed by atoms with Gasteiger partial charge in [-0.25, -0.2) is 9.97 Å². The largest absolute Gasteiger partial charge is 0.388 e. The fourth-order valence-electron chi connectivity index (χ4n) is 2.55. The van der Waals surface area contributed by atoms with Crippen molar-refractivity contribution in [2.75, 3.05) is 25.0 Å². The average molecular weight is 293 g/mol. The molecule has 1 aliphatic heterocycles. The fourth-order valence-corrected chi connectivity index (χ4v) is 2.66. The third kappa shape index (κ3) is 4.38. The van der Waals surface area contributed by atoms with E-state index >= 15 is 0 Å². The Labute approximate surface area is 126 Å². The number of aryl methyl sites for hydroxylation is 1. The number of hydrogen-bond acceptors (Lipinski definition) is 5. The van der Waals surface area contributed by atoms with E-state index in [0.29, 0.717) is 22.7 Å². The molecule has 110 valence electrons. The molecule has 0 bridgehead atoms. The molecule has 6 heteroatoms. The molecular weight excluding hydrogens is 270 g/mol. The highest BCUT2D eigenvalue weighted by Crippen LogP contribution is 2.11. The predicted octanol–water partition coefficient (Wildman–Crippen LogP) is 1.71. The topological polar surface area (TPSA) is 67.1 Å². The van der Waals surface area contributed by atoms with Crippen LogP contribution in [-0.4, -0.2) is 45.5 Å². The first kappa shape index (κ1) is 15.1. The first-order valence-electron chi connectivity index (χ1n) is 7.19. The van der Waals surface area contributed by atoms with Crippen molar-refractivity contribution in [3.63, 3.8) is 0 Å². The van der Waals surface area contributed by atoms with Gasteiger partial charge in [-0.15, -0.1) is 0 Å². The third-order valence-electron chi connectivity index (χ3n) is 3.46. The van der Waals surface area contributed by atoms with Crippen LogP contribution in [0.15, 0.2) is 6.07 Å². The minimum absolute atomic E-state index is 0.300. The Balaban J connectivity index is 1.96. The van der Waals surface area contributed by atoms with E-state index in [9.17, 15) is 0 Å². The maximum Gasteiger partial charge on any atom is 0.223 e. The van der Waals surface area contributed by atoms with Gasteiger partial charge in [0.1, 0.15) is 10.7 Å². The van der Waals surface area contributed by atoms with Crippen LogP contribution in [0.1, 0.15) is 37.6 Å². The standard InChI is InChI=1S/C14H23N5S/c1-10-8-12(13(15)20)18-14(16-10)17-11(2)9-19-6-4-3-5-7-19/h8,11H,3-7,9H2,1-2H3,(H2,15,20)(H,16,17,18). The van der Waals surface area contributed by atoms with Crippen LogP contribution >= 0.6 is 12.2 Å². The van der Waals surface area contributed by atoms with Gasteiger partial charge in [-0.1, -0.05) is 18.6 Å². The van der Waals surface area contributed by atoms with E-state index in [0.717, 1.165) is 12.2 Å². The van der Waals surface area contributed by atoms with Crippen LogP contribution in [0, 0.1) is 6.92 Å². The van der Waals surface area contributed by atoms with Gasteiger partial charge >= 0.3 is 0 Å². The summed E-state index contributed by atoms with van der Waals surface area (Å²) in [5.74, 6) is 0.609. The van der Waals surface area contributed by atoms with E-state index in [4.69, 9.17) is 18.0 Å². The summed E-state index contributed by atoms with van der Waals surface area (Å²) in [6, 6.07) is 2.11. The number of piperidine rings is 1. The number of nitrogens with two attached hydrogens (primary N) is 1. The first-order chi connectivity index (χ1) is 9.54. The number of hydrogen-bond donors (Lipinski definition) is 2. The van der Waals surface area contributed by atoms with E-state index in [2.05, 4.69) is 27.1 Å². The first-order valence-corrected chi connectivity index (χ1v) is 7.60. The van der Waals surface area contributed by atoms with Crippen LogP contribution in [0.2, 0.25) is 0 Å². The van der Waals surface area contributed by atoms with Crippen molar-refractivity contribution in [1.29, 1.82) is 0 Å².